The number of benzene rings is 2. The van der Waals surface area contributed by atoms with Crippen molar-refractivity contribution in [2.24, 2.45) is 5.73 Å². The first-order valence-corrected chi connectivity index (χ1v) is 10.9. The average Bonchev–Trinajstić information content (AvgIpc) is 3.29. The lowest BCUT2D eigenvalue weighted by molar-refractivity contribution is -0.133. The van der Waals surface area contributed by atoms with Crippen LogP contribution in [0.15, 0.2) is 36.4 Å². The van der Waals surface area contributed by atoms with Crippen LogP contribution in [0.4, 0.5) is 8.78 Å². The van der Waals surface area contributed by atoms with E-state index >= 15 is 0 Å². The number of halogens is 2. The summed E-state index contributed by atoms with van der Waals surface area (Å²) in [7, 11) is 0. The third-order valence-corrected chi connectivity index (χ3v) is 5.60. The maximum atomic E-state index is 14.9. The van der Waals surface area contributed by atoms with Crippen molar-refractivity contribution in [3.05, 3.63) is 70.3 Å². The molecule has 2 aromatic rings. The first kappa shape index (κ1) is 24.3. The number of hydrogen-bond acceptors (Lipinski definition) is 4. The molecule has 1 unspecified atom stereocenters. The van der Waals surface area contributed by atoms with Crippen LogP contribution in [0.25, 0.3) is 0 Å². The zero-order valence-electron chi connectivity index (χ0n) is 18.4. The van der Waals surface area contributed by atoms with Gasteiger partial charge in [-0.3, -0.25) is 15.0 Å². The summed E-state index contributed by atoms with van der Waals surface area (Å²) in [6.07, 6.45) is 2.20. The van der Waals surface area contributed by atoms with Gasteiger partial charge in [-0.15, -0.1) is 0 Å². The molecular weight excluding hydrogens is 430 g/mol. The van der Waals surface area contributed by atoms with Crippen LogP contribution in [0.2, 0.25) is 0 Å². The van der Waals surface area contributed by atoms with Gasteiger partial charge in [-0.25, -0.2) is 8.78 Å². The first-order valence-electron chi connectivity index (χ1n) is 10.9. The summed E-state index contributed by atoms with van der Waals surface area (Å²) in [6.45, 7) is 1.75. The van der Waals surface area contributed by atoms with Crippen LogP contribution in [-0.2, 0) is 16.1 Å². The molecule has 33 heavy (non-hydrogen) atoms. The van der Waals surface area contributed by atoms with E-state index in [-0.39, 0.29) is 30.6 Å². The molecule has 5 N–H and O–H groups in total. The minimum atomic E-state index is -1.52. The molecule has 0 aromatic heterocycles. The first-order chi connectivity index (χ1) is 15.8. The summed E-state index contributed by atoms with van der Waals surface area (Å²) in [4.78, 5) is 25.1. The summed E-state index contributed by atoms with van der Waals surface area (Å²) in [6, 6.07) is 8.52. The average molecular weight is 459 g/mol. The highest BCUT2D eigenvalue weighted by molar-refractivity contribution is 5.95. The van der Waals surface area contributed by atoms with Gasteiger partial charge in [-0.2, -0.15) is 0 Å². The van der Waals surface area contributed by atoms with E-state index in [0.717, 1.165) is 37.8 Å². The van der Waals surface area contributed by atoms with E-state index in [1.54, 1.807) is 31.2 Å². The van der Waals surface area contributed by atoms with E-state index in [9.17, 15) is 18.4 Å². The Morgan fingerprint density at radius 2 is 1.73 bits per heavy atom. The van der Waals surface area contributed by atoms with Gasteiger partial charge in [0, 0.05) is 30.3 Å². The van der Waals surface area contributed by atoms with E-state index in [0.29, 0.717) is 11.1 Å². The molecule has 2 aromatic carbocycles. The molecule has 0 aliphatic heterocycles. The summed E-state index contributed by atoms with van der Waals surface area (Å²) in [5.74, 6) is -3.38. The van der Waals surface area contributed by atoms with Crippen LogP contribution in [0.5, 0.6) is 0 Å². The molecule has 1 aliphatic carbocycles. The molecule has 176 valence electrons. The molecule has 0 spiro atoms. The summed E-state index contributed by atoms with van der Waals surface area (Å²) < 4.78 is 35.1. The van der Waals surface area contributed by atoms with E-state index < -0.39 is 35.1 Å². The number of carbonyl (C=O) groups excluding carboxylic acids is 2. The number of nitrogens with two attached hydrogens (primary N) is 1. The fourth-order valence-electron chi connectivity index (χ4n) is 3.85. The maximum absolute atomic E-state index is 14.9. The van der Waals surface area contributed by atoms with Crippen LogP contribution >= 0.6 is 0 Å². The smallest absolute Gasteiger partial charge is 0.254 e. The Morgan fingerprint density at radius 3 is 2.27 bits per heavy atom. The number of amidine groups is 1. The molecule has 9 heteroatoms. The van der Waals surface area contributed by atoms with E-state index in [4.69, 9.17) is 15.9 Å². The Hall–Kier alpha value is -3.33. The van der Waals surface area contributed by atoms with Gasteiger partial charge in [0.25, 0.3) is 11.8 Å². The predicted octanol–water partition coefficient (Wildman–Crippen LogP) is 3.32. The Morgan fingerprint density at radius 1 is 1.12 bits per heavy atom. The molecule has 0 heterocycles. The highest BCUT2D eigenvalue weighted by Gasteiger charge is 2.29. The van der Waals surface area contributed by atoms with Gasteiger partial charge >= 0.3 is 0 Å². The lowest BCUT2D eigenvalue weighted by Gasteiger charge is -2.19. The topological polar surface area (TPSA) is 117 Å². The SMILES string of the molecule is CCOC(C(=O)NCc1ccc(C(=N)N)cc1)c1c(F)cc(C(=O)NC2CCCC2)cc1F. The Kier molecular flexibility index (Phi) is 8.11. The minimum Gasteiger partial charge on any atom is -0.384 e. The van der Waals surface area contributed by atoms with Gasteiger partial charge in [0.05, 0.1) is 5.56 Å². The normalized spacial score (nSPS) is 14.6. The summed E-state index contributed by atoms with van der Waals surface area (Å²) in [5.41, 5.74) is 5.99. The summed E-state index contributed by atoms with van der Waals surface area (Å²) in [5, 5.41) is 12.8. The Bertz CT molecular complexity index is 998. The van der Waals surface area contributed by atoms with Gasteiger partial charge < -0.3 is 21.1 Å². The van der Waals surface area contributed by atoms with E-state index in [2.05, 4.69) is 10.6 Å². The third kappa shape index (κ3) is 6.13. The fraction of sp³-hybridized carbons (Fsp3) is 0.375. The number of ether oxygens (including phenoxy) is 1. The van der Waals surface area contributed by atoms with Crippen molar-refractivity contribution in [2.45, 2.75) is 51.3 Å². The molecule has 1 aliphatic rings. The van der Waals surface area contributed by atoms with Crippen molar-refractivity contribution < 1.29 is 23.1 Å². The number of amides is 2. The zero-order chi connectivity index (χ0) is 24.0. The fourth-order valence-corrected chi connectivity index (χ4v) is 3.85. The van der Waals surface area contributed by atoms with Gasteiger partial charge in [-0.1, -0.05) is 37.1 Å². The van der Waals surface area contributed by atoms with Gasteiger partial charge in [0.1, 0.15) is 17.5 Å². The summed E-state index contributed by atoms with van der Waals surface area (Å²) >= 11 is 0. The van der Waals surface area contributed by atoms with Crippen molar-refractivity contribution in [1.82, 2.24) is 10.6 Å². The van der Waals surface area contributed by atoms with Gasteiger partial charge in [-0.05, 0) is 37.5 Å². The number of nitrogens with one attached hydrogen (secondary N) is 3. The molecule has 2 amide bonds. The third-order valence-electron chi connectivity index (χ3n) is 5.60. The second-order valence-corrected chi connectivity index (χ2v) is 7.97. The monoisotopic (exact) mass is 458 g/mol. The number of carbonyl (C=O) groups is 2. The molecule has 0 bridgehead atoms. The van der Waals surface area contributed by atoms with Crippen molar-refractivity contribution in [2.75, 3.05) is 6.61 Å². The van der Waals surface area contributed by atoms with Crippen LogP contribution in [0, 0.1) is 17.0 Å². The lowest BCUT2D eigenvalue weighted by Crippen LogP contribution is -2.33. The number of nitrogen functional groups attached to an aromatic ring is 1. The standard InChI is InChI=1S/C24H28F2N4O3/c1-2-33-21(24(32)29-13-14-7-9-15(10-8-14)22(27)28)20-18(25)11-16(12-19(20)26)23(31)30-17-5-3-4-6-17/h7-12,17,21H,2-6,13H2,1H3,(H3,27,28)(H,29,32)(H,30,31). The minimum absolute atomic E-state index is 0.00904. The highest BCUT2D eigenvalue weighted by atomic mass is 19.1. The molecular formula is C24H28F2N4O3. The Balaban J connectivity index is 1.73. The van der Waals surface area contributed by atoms with Crippen molar-refractivity contribution in [3.8, 4) is 0 Å². The number of rotatable bonds is 9. The van der Waals surface area contributed by atoms with Crippen LogP contribution < -0.4 is 16.4 Å². The number of hydrogen-bond donors (Lipinski definition) is 4. The van der Waals surface area contributed by atoms with Crippen molar-refractivity contribution in [3.63, 3.8) is 0 Å². The van der Waals surface area contributed by atoms with Crippen LogP contribution in [-0.4, -0.2) is 30.3 Å². The lowest BCUT2D eigenvalue weighted by atomic mass is 10.0. The molecule has 0 radical (unpaired) electrons. The Labute approximate surface area is 191 Å². The largest absolute Gasteiger partial charge is 0.384 e. The van der Waals surface area contributed by atoms with Crippen LogP contribution in [0.1, 0.15) is 65.8 Å². The second kappa shape index (κ2) is 11.0. The molecule has 1 saturated carbocycles. The van der Waals surface area contributed by atoms with E-state index in [1.165, 1.54) is 0 Å². The van der Waals surface area contributed by atoms with Gasteiger partial charge in [0.15, 0.2) is 6.10 Å². The van der Waals surface area contributed by atoms with Crippen LogP contribution in [0.3, 0.4) is 0 Å². The van der Waals surface area contributed by atoms with Crippen molar-refractivity contribution >= 4 is 17.6 Å². The van der Waals surface area contributed by atoms with Crippen molar-refractivity contribution in [1.29, 1.82) is 5.41 Å². The van der Waals surface area contributed by atoms with Gasteiger partial charge in [0.2, 0.25) is 0 Å². The molecule has 0 saturated heterocycles. The molecule has 3 rings (SSSR count). The molecule has 1 atom stereocenters. The molecule has 1 fully saturated rings. The highest BCUT2D eigenvalue weighted by Crippen LogP contribution is 2.26. The quantitative estimate of drug-likeness (QED) is 0.341. The zero-order valence-corrected chi connectivity index (χ0v) is 18.4. The maximum Gasteiger partial charge on any atom is 0.254 e. The predicted molar refractivity (Wildman–Crippen MR) is 120 cm³/mol. The second-order valence-electron chi connectivity index (χ2n) is 7.97. The van der Waals surface area contributed by atoms with E-state index in [1.807, 2.05) is 0 Å². The molecule has 7 nitrogen and oxygen atoms in total.